The Morgan fingerprint density at radius 2 is 2.18 bits per heavy atom. The van der Waals surface area contributed by atoms with Crippen LogP contribution < -0.4 is 5.32 Å². The van der Waals surface area contributed by atoms with Crippen LogP contribution >= 0.6 is 11.8 Å². The van der Waals surface area contributed by atoms with Crippen molar-refractivity contribution in [1.82, 2.24) is 5.32 Å². The van der Waals surface area contributed by atoms with Crippen molar-refractivity contribution in [3.63, 3.8) is 0 Å². The summed E-state index contributed by atoms with van der Waals surface area (Å²) in [6, 6.07) is 7.33. The molecule has 90 valence electrons. The van der Waals surface area contributed by atoms with Gasteiger partial charge in [0.1, 0.15) is 11.9 Å². The Labute approximate surface area is 105 Å². The Morgan fingerprint density at radius 3 is 2.88 bits per heavy atom. The number of nitrogens with one attached hydrogen (secondary N) is 1. The average molecular weight is 250 g/mol. The predicted octanol–water partition coefficient (Wildman–Crippen LogP) is 2.68. The maximum atomic E-state index is 13.8. The number of hydrogen-bond donors (Lipinski definition) is 1. The Morgan fingerprint density at radius 1 is 1.41 bits per heavy atom. The first kappa shape index (κ1) is 12.4. The van der Waals surface area contributed by atoms with E-state index in [0.29, 0.717) is 18.2 Å². The van der Waals surface area contributed by atoms with Crippen LogP contribution in [0.2, 0.25) is 0 Å². The average Bonchev–Trinajstić information content (AvgIpc) is 2.39. The summed E-state index contributed by atoms with van der Waals surface area (Å²) in [6.07, 6.45) is 2.29. The van der Waals surface area contributed by atoms with Gasteiger partial charge in [0.2, 0.25) is 0 Å². The minimum Gasteiger partial charge on any atom is -0.310 e. The standard InChI is InChI=1S/C13H15FN2S/c14-13-10(8-15)2-1-3-11(13)9-16-12-4-6-17-7-5-12/h1-3,12,16H,4-7,9H2. The molecule has 0 aromatic heterocycles. The summed E-state index contributed by atoms with van der Waals surface area (Å²) in [6.45, 7) is 0.511. The molecule has 0 atom stereocenters. The second-order valence-corrected chi connectivity index (χ2v) is 5.38. The van der Waals surface area contributed by atoms with Gasteiger partial charge in [-0.3, -0.25) is 0 Å². The number of nitrogens with zero attached hydrogens (tertiary/aromatic N) is 1. The second kappa shape index (κ2) is 6.04. The topological polar surface area (TPSA) is 35.8 Å². The van der Waals surface area contributed by atoms with Crippen molar-refractivity contribution >= 4 is 11.8 Å². The molecule has 0 unspecified atom stereocenters. The highest BCUT2D eigenvalue weighted by atomic mass is 32.2. The van der Waals surface area contributed by atoms with E-state index in [-0.39, 0.29) is 11.4 Å². The zero-order chi connectivity index (χ0) is 12.1. The maximum absolute atomic E-state index is 13.8. The van der Waals surface area contributed by atoms with Gasteiger partial charge in [-0.15, -0.1) is 0 Å². The molecule has 1 N–H and O–H groups in total. The highest BCUT2D eigenvalue weighted by Gasteiger charge is 2.14. The molecule has 2 rings (SSSR count). The summed E-state index contributed by atoms with van der Waals surface area (Å²) >= 11 is 1.97. The molecule has 1 saturated heterocycles. The lowest BCUT2D eigenvalue weighted by molar-refractivity contribution is 0.473. The highest BCUT2D eigenvalue weighted by molar-refractivity contribution is 7.99. The number of thioether (sulfide) groups is 1. The van der Waals surface area contributed by atoms with Crippen LogP contribution in [0.25, 0.3) is 0 Å². The molecule has 0 bridgehead atoms. The normalized spacial score (nSPS) is 16.7. The largest absolute Gasteiger partial charge is 0.310 e. The van der Waals surface area contributed by atoms with Crippen molar-refractivity contribution in [2.24, 2.45) is 0 Å². The summed E-state index contributed by atoms with van der Waals surface area (Å²) in [7, 11) is 0. The maximum Gasteiger partial charge on any atom is 0.145 e. The van der Waals surface area contributed by atoms with Crippen molar-refractivity contribution in [2.75, 3.05) is 11.5 Å². The number of halogens is 1. The molecule has 1 aliphatic heterocycles. The van der Waals surface area contributed by atoms with Crippen LogP contribution in [-0.2, 0) is 6.54 Å². The van der Waals surface area contributed by atoms with E-state index in [1.165, 1.54) is 17.6 Å². The summed E-state index contributed by atoms with van der Waals surface area (Å²) in [5.74, 6) is 1.98. The summed E-state index contributed by atoms with van der Waals surface area (Å²) in [4.78, 5) is 0. The van der Waals surface area contributed by atoms with E-state index in [4.69, 9.17) is 5.26 Å². The van der Waals surface area contributed by atoms with E-state index in [1.54, 1.807) is 12.1 Å². The SMILES string of the molecule is N#Cc1cccc(CNC2CCSCC2)c1F. The van der Waals surface area contributed by atoms with Gasteiger partial charge in [0.25, 0.3) is 0 Å². The van der Waals surface area contributed by atoms with Crippen LogP contribution in [0.1, 0.15) is 24.0 Å². The fraction of sp³-hybridized carbons (Fsp3) is 0.462. The van der Waals surface area contributed by atoms with Crippen LogP contribution in [0, 0.1) is 17.1 Å². The quantitative estimate of drug-likeness (QED) is 0.896. The van der Waals surface area contributed by atoms with Gasteiger partial charge in [-0.1, -0.05) is 12.1 Å². The number of benzene rings is 1. The van der Waals surface area contributed by atoms with E-state index < -0.39 is 0 Å². The Hall–Kier alpha value is -1.05. The molecule has 4 heteroatoms. The molecule has 0 aliphatic carbocycles. The lowest BCUT2D eigenvalue weighted by Gasteiger charge is -2.22. The molecule has 1 aromatic carbocycles. The van der Waals surface area contributed by atoms with E-state index >= 15 is 0 Å². The van der Waals surface area contributed by atoms with E-state index in [9.17, 15) is 4.39 Å². The van der Waals surface area contributed by atoms with E-state index in [2.05, 4.69) is 5.32 Å². The van der Waals surface area contributed by atoms with Crippen LogP contribution in [-0.4, -0.2) is 17.5 Å². The first-order chi connectivity index (χ1) is 8.31. The van der Waals surface area contributed by atoms with Gasteiger partial charge in [0.15, 0.2) is 0 Å². The monoisotopic (exact) mass is 250 g/mol. The third-order valence-electron chi connectivity index (χ3n) is 3.00. The summed E-state index contributed by atoms with van der Waals surface area (Å²) in [5, 5.41) is 12.1. The van der Waals surface area contributed by atoms with Crippen molar-refractivity contribution in [3.8, 4) is 6.07 Å². The third-order valence-corrected chi connectivity index (χ3v) is 4.05. The molecule has 0 saturated carbocycles. The lowest BCUT2D eigenvalue weighted by atomic mass is 10.1. The highest BCUT2D eigenvalue weighted by Crippen LogP contribution is 2.18. The van der Waals surface area contributed by atoms with Crippen molar-refractivity contribution in [1.29, 1.82) is 5.26 Å². The summed E-state index contributed by atoms with van der Waals surface area (Å²) in [5.41, 5.74) is 0.714. The predicted molar refractivity (Wildman–Crippen MR) is 68.3 cm³/mol. The van der Waals surface area contributed by atoms with Crippen LogP contribution in [0.15, 0.2) is 18.2 Å². The zero-order valence-corrected chi connectivity index (χ0v) is 10.4. The minimum absolute atomic E-state index is 0.128. The van der Waals surface area contributed by atoms with Gasteiger partial charge in [-0.05, 0) is 30.4 Å². The van der Waals surface area contributed by atoms with Crippen LogP contribution in [0.4, 0.5) is 4.39 Å². The number of rotatable bonds is 3. The van der Waals surface area contributed by atoms with Crippen LogP contribution in [0.5, 0.6) is 0 Å². The molecule has 17 heavy (non-hydrogen) atoms. The van der Waals surface area contributed by atoms with Gasteiger partial charge in [0.05, 0.1) is 5.56 Å². The van der Waals surface area contributed by atoms with Gasteiger partial charge in [-0.25, -0.2) is 4.39 Å². The Kier molecular flexibility index (Phi) is 4.41. The number of hydrogen-bond acceptors (Lipinski definition) is 3. The third kappa shape index (κ3) is 3.21. The fourth-order valence-electron chi connectivity index (χ4n) is 1.96. The Bertz CT molecular complexity index is 422. The lowest BCUT2D eigenvalue weighted by Crippen LogP contribution is -2.32. The first-order valence-corrected chi connectivity index (χ1v) is 6.95. The second-order valence-electron chi connectivity index (χ2n) is 4.16. The minimum atomic E-state index is -0.382. The van der Waals surface area contributed by atoms with Gasteiger partial charge < -0.3 is 5.32 Å². The van der Waals surface area contributed by atoms with Crippen molar-refractivity contribution < 1.29 is 4.39 Å². The van der Waals surface area contributed by atoms with E-state index in [1.807, 2.05) is 17.8 Å². The molecule has 1 aliphatic rings. The molecule has 2 nitrogen and oxygen atoms in total. The molecule has 0 radical (unpaired) electrons. The van der Waals surface area contributed by atoms with Gasteiger partial charge >= 0.3 is 0 Å². The van der Waals surface area contributed by atoms with E-state index in [0.717, 1.165) is 12.8 Å². The molecule has 0 spiro atoms. The smallest absolute Gasteiger partial charge is 0.145 e. The fourth-order valence-corrected chi connectivity index (χ4v) is 3.07. The first-order valence-electron chi connectivity index (χ1n) is 5.80. The molecule has 1 heterocycles. The summed E-state index contributed by atoms with van der Waals surface area (Å²) < 4.78 is 13.8. The molecule has 1 aromatic rings. The van der Waals surface area contributed by atoms with Crippen molar-refractivity contribution in [2.45, 2.75) is 25.4 Å². The molecular weight excluding hydrogens is 235 g/mol. The van der Waals surface area contributed by atoms with Crippen molar-refractivity contribution in [3.05, 3.63) is 35.1 Å². The molecule has 1 fully saturated rings. The van der Waals surface area contributed by atoms with Gasteiger partial charge in [0, 0.05) is 18.2 Å². The molecule has 0 amide bonds. The van der Waals surface area contributed by atoms with Crippen LogP contribution in [0.3, 0.4) is 0 Å². The molecular formula is C13H15FN2S. The van der Waals surface area contributed by atoms with Gasteiger partial charge in [-0.2, -0.15) is 17.0 Å². The Balaban J connectivity index is 1.96. The zero-order valence-electron chi connectivity index (χ0n) is 9.58. The number of nitriles is 1.